The Morgan fingerprint density at radius 3 is 2.82 bits per heavy atom. The third kappa shape index (κ3) is 2.73. The lowest BCUT2D eigenvalue weighted by Crippen LogP contribution is -2.05. The number of nitrogens with zero attached hydrogens (tertiary/aromatic N) is 3. The molecule has 1 aliphatic rings. The molecule has 7 heteroatoms. The van der Waals surface area contributed by atoms with Crippen molar-refractivity contribution in [2.24, 2.45) is 4.99 Å². The highest BCUT2D eigenvalue weighted by atomic mass is 16.6. The quantitative estimate of drug-likeness (QED) is 0.375. The lowest BCUT2D eigenvalue weighted by molar-refractivity contribution is -0.384. The molecular formula is C15H9N3O4. The van der Waals surface area contributed by atoms with Crippen LogP contribution in [0.15, 0.2) is 59.5 Å². The molecule has 0 aliphatic carbocycles. The number of ether oxygens (including phenoxy) is 1. The molecule has 0 spiro atoms. The fourth-order valence-electron chi connectivity index (χ4n) is 1.90. The number of rotatable bonds is 3. The zero-order chi connectivity index (χ0) is 15.5. The van der Waals surface area contributed by atoms with Crippen molar-refractivity contribution in [1.29, 1.82) is 0 Å². The minimum atomic E-state index is -0.606. The van der Waals surface area contributed by atoms with E-state index in [1.54, 1.807) is 36.7 Å². The van der Waals surface area contributed by atoms with Gasteiger partial charge in [-0.25, -0.2) is 9.79 Å². The van der Waals surface area contributed by atoms with Gasteiger partial charge in [0, 0.05) is 30.1 Å². The summed E-state index contributed by atoms with van der Waals surface area (Å²) in [6.07, 6.45) is 4.74. The maximum absolute atomic E-state index is 11.8. The Morgan fingerprint density at radius 2 is 2.09 bits per heavy atom. The van der Waals surface area contributed by atoms with Crippen molar-refractivity contribution in [2.45, 2.75) is 0 Å². The summed E-state index contributed by atoms with van der Waals surface area (Å²) in [5.74, 6) is -0.561. The number of benzene rings is 1. The fraction of sp³-hybridized carbons (Fsp3) is 0. The number of hydrogen-bond acceptors (Lipinski definition) is 6. The number of nitro groups is 1. The molecule has 0 N–H and O–H groups in total. The normalized spacial score (nSPS) is 15.5. The molecule has 0 amide bonds. The maximum atomic E-state index is 11.8. The highest BCUT2D eigenvalue weighted by Gasteiger charge is 2.25. The summed E-state index contributed by atoms with van der Waals surface area (Å²) in [5, 5.41) is 10.8. The zero-order valence-corrected chi connectivity index (χ0v) is 11.2. The molecule has 1 aromatic carbocycles. The Labute approximate surface area is 124 Å². The van der Waals surface area contributed by atoms with Gasteiger partial charge in [-0.1, -0.05) is 12.1 Å². The maximum Gasteiger partial charge on any atom is 0.363 e. The first-order chi connectivity index (χ1) is 10.6. The van der Waals surface area contributed by atoms with Gasteiger partial charge >= 0.3 is 5.97 Å². The van der Waals surface area contributed by atoms with E-state index in [1.165, 1.54) is 18.2 Å². The molecule has 7 nitrogen and oxygen atoms in total. The summed E-state index contributed by atoms with van der Waals surface area (Å²) < 4.78 is 5.07. The van der Waals surface area contributed by atoms with Crippen LogP contribution in [0.2, 0.25) is 0 Å². The van der Waals surface area contributed by atoms with Crippen LogP contribution in [0.1, 0.15) is 11.1 Å². The molecule has 22 heavy (non-hydrogen) atoms. The third-order valence-corrected chi connectivity index (χ3v) is 2.91. The van der Waals surface area contributed by atoms with Gasteiger partial charge in [0.15, 0.2) is 5.70 Å². The lowest BCUT2D eigenvalue weighted by Gasteiger charge is -1.98. The number of carbonyl (C=O) groups is 1. The van der Waals surface area contributed by atoms with Gasteiger partial charge in [0.05, 0.1) is 4.92 Å². The number of hydrogen-bond donors (Lipinski definition) is 0. The van der Waals surface area contributed by atoms with E-state index >= 15 is 0 Å². The highest BCUT2D eigenvalue weighted by Crippen LogP contribution is 2.21. The second-order valence-electron chi connectivity index (χ2n) is 4.43. The van der Waals surface area contributed by atoms with Crippen molar-refractivity contribution >= 4 is 23.6 Å². The van der Waals surface area contributed by atoms with Crippen LogP contribution in [0.4, 0.5) is 5.69 Å². The van der Waals surface area contributed by atoms with Crippen LogP contribution in [0.5, 0.6) is 0 Å². The third-order valence-electron chi connectivity index (χ3n) is 2.91. The first-order valence-corrected chi connectivity index (χ1v) is 6.31. The van der Waals surface area contributed by atoms with Crippen LogP contribution in [-0.4, -0.2) is 21.8 Å². The Kier molecular flexibility index (Phi) is 3.45. The van der Waals surface area contributed by atoms with Gasteiger partial charge in [-0.3, -0.25) is 15.1 Å². The number of esters is 1. The number of nitro benzene ring substituents is 1. The summed E-state index contributed by atoms with van der Waals surface area (Å²) in [6.45, 7) is 0. The minimum absolute atomic E-state index is 0.0452. The van der Waals surface area contributed by atoms with Crippen molar-refractivity contribution in [3.63, 3.8) is 0 Å². The predicted octanol–water partition coefficient (Wildman–Crippen LogP) is 2.33. The number of aliphatic imine (C=N–C) groups is 1. The van der Waals surface area contributed by atoms with E-state index in [-0.39, 0.29) is 17.3 Å². The summed E-state index contributed by atoms with van der Waals surface area (Å²) >= 11 is 0. The van der Waals surface area contributed by atoms with E-state index in [0.717, 1.165) is 0 Å². The van der Waals surface area contributed by atoms with E-state index < -0.39 is 10.9 Å². The molecule has 2 aromatic rings. The van der Waals surface area contributed by atoms with Gasteiger partial charge in [-0.05, 0) is 23.8 Å². The molecule has 0 atom stereocenters. The highest BCUT2D eigenvalue weighted by molar-refractivity contribution is 6.13. The van der Waals surface area contributed by atoms with Crippen LogP contribution in [-0.2, 0) is 9.53 Å². The molecular weight excluding hydrogens is 286 g/mol. The second-order valence-corrected chi connectivity index (χ2v) is 4.43. The topological polar surface area (TPSA) is 94.7 Å². The van der Waals surface area contributed by atoms with Gasteiger partial charge in [0.2, 0.25) is 5.90 Å². The molecule has 2 heterocycles. The Bertz CT molecular complexity index is 813. The van der Waals surface area contributed by atoms with E-state index in [4.69, 9.17) is 4.74 Å². The monoisotopic (exact) mass is 295 g/mol. The minimum Gasteiger partial charge on any atom is -0.402 e. The van der Waals surface area contributed by atoms with Crippen LogP contribution >= 0.6 is 0 Å². The summed E-state index contributed by atoms with van der Waals surface area (Å²) in [5.41, 5.74) is 1.10. The number of pyridine rings is 1. The van der Waals surface area contributed by atoms with Crippen LogP contribution in [0, 0.1) is 10.1 Å². The van der Waals surface area contributed by atoms with Gasteiger partial charge in [0.25, 0.3) is 5.69 Å². The molecule has 0 saturated heterocycles. The number of non-ortho nitro benzene ring substituents is 1. The largest absolute Gasteiger partial charge is 0.402 e. The van der Waals surface area contributed by atoms with Crippen molar-refractivity contribution in [1.82, 2.24) is 4.98 Å². The van der Waals surface area contributed by atoms with E-state index in [0.29, 0.717) is 11.1 Å². The van der Waals surface area contributed by atoms with E-state index in [2.05, 4.69) is 9.98 Å². The molecule has 108 valence electrons. The van der Waals surface area contributed by atoms with Crippen LogP contribution in [0.25, 0.3) is 6.08 Å². The number of cyclic esters (lactones) is 1. The SMILES string of the molecule is O=C1OC(c2cccc([N+](=O)[O-])c2)=N/C1=C/c1cccnc1. The van der Waals surface area contributed by atoms with E-state index in [9.17, 15) is 14.9 Å². The smallest absolute Gasteiger partial charge is 0.363 e. The van der Waals surface area contributed by atoms with Crippen molar-refractivity contribution < 1.29 is 14.5 Å². The van der Waals surface area contributed by atoms with Gasteiger partial charge in [0.1, 0.15) is 0 Å². The van der Waals surface area contributed by atoms with Gasteiger partial charge in [-0.2, -0.15) is 0 Å². The van der Waals surface area contributed by atoms with Gasteiger partial charge in [-0.15, -0.1) is 0 Å². The predicted molar refractivity (Wildman–Crippen MR) is 77.9 cm³/mol. The molecule has 0 radical (unpaired) electrons. The lowest BCUT2D eigenvalue weighted by atomic mass is 10.2. The summed E-state index contributed by atoms with van der Waals surface area (Å²) in [6, 6.07) is 9.26. The van der Waals surface area contributed by atoms with Crippen LogP contribution in [0.3, 0.4) is 0 Å². The first-order valence-electron chi connectivity index (χ1n) is 6.31. The molecule has 3 rings (SSSR count). The van der Waals surface area contributed by atoms with Crippen molar-refractivity contribution in [3.8, 4) is 0 Å². The van der Waals surface area contributed by atoms with Gasteiger partial charge < -0.3 is 4.74 Å². The summed E-state index contributed by atoms with van der Waals surface area (Å²) in [7, 11) is 0. The second kappa shape index (κ2) is 5.57. The molecule has 1 aromatic heterocycles. The molecule has 1 aliphatic heterocycles. The Morgan fingerprint density at radius 1 is 1.23 bits per heavy atom. The first kappa shape index (κ1) is 13.6. The molecule has 0 fully saturated rings. The van der Waals surface area contributed by atoms with Crippen LogP contribution < -0.4 is 0 Å². The standard InChI is InChI=1S/C15H9N3O4/c19-15-13(7-10-3-2-6-16-9-10)17-14(22-15)11-4-1-5-12(8-11)18(20)21/h1-9H/b13-7+. The molecule has 0 saturated carbocycles. The molecule has 0 unspecified atom stereocenters. The Hall–Kier alpha value is -3.35. The van der Waals surface area contributed by atoms with Crippen molar-refractivity contribution in [2.75, 3.05) is 0 Å². The number of carbonyl (C=O) groups excluding carboxylic acids is 1. The fourth-order valence-corrected chi connectivity index (χ4v) is 1.90. The Balaban J connectivity index is 1.95. The zero-order valence-electron chi connectivity index (χ0n) is 11.2. The van der Waals surface area contributed by atoms with Crippen molar-refractivity contribution in [3.05, 3.63) is 75.7 Å². The average molecular weight is 295 g/mol. The molecule has 0 bridgehead atoms. The summed E-state index contributed by atoms with van der Waals surface area (Å²) in [4.78, 5) is 30.1. The average Bonchev–Trinajstić information content (AvgIpc) is 2.89. The van der Waals surface area contributed by atoms with E-state index in [1.807, 2.05) is 0 Å². The number of aromatic nitrogens is 1.